The average molecular weight is 411 g/mol. The van der Waals surface area contributed by atoms with Gasteiger partial charge in [-0.25, -0.2) is 13.1 Å². The SMILES string of the molecule is CNS(=O)(=O)c1ccc(NC(=O)COc2cc(C)c(Cl)cc2C(C)C)cc1. The first-order chi connectivity index (χ1) is 12.6. The largest absolute Gasteiger partial charge is 0.483 e. The molecule has 8 heteroatoms. The molecule has 0 saturated carbocycles. The van der Waals surface area contributed by atoms with Crippen LogP contribution in [0.1, 0.15) is 30.9 Å². The van der Waals surface area contributed by atoms with Gasteiger partial charge in [-0.05, 0) is 67.4 Å². The Balaban J connectivity index is 2.04. The van der Waals surface area contributed by atoms with E-state index in [4.69, 9.17) is 16.3 Å². The summed E-state index contributed by atoms with van der Waals surface area (Å²) in [5.41, 5.74) is 2.29. The minimum absolute atomic E-state index is 0.123. The van der Waals surface area contributed by atoms with Crippen LogP contribution in [0.3, 0.4) is 0 Å². The summed E-state index contributed by atoms with van der Waals surface area (Å²) >= 11 is 6.17. The molecule has 146 valence electrons. The molecule has 27 heavy (non-hydrogen) atoms. The zero-order valence-corrected chi connectivity index (χ0v) is 17.2. The van der Waals surface area contributed by atoms with Crippen LogP contribution in [-0.2, 0) is 14.8 Å². The van der Waals surface area contributed by atoms with Crippen molar-refractivity contribution in [3.05, 3.63) is 52.5 Å². The van der Waals surface area contributed by atoms with Gasteiger partial charge in [-0.3, -0.25) is 4.79 Å². The van der Waals surface area contributed by atoms with Gasteiger partial charge in [0.25, 0.3) is 5.91 Å². The fourth-order valence-corrected chi connectivity index (χ4v) is 3.32. The Kier molecular flexibility index (Phi) is 6.86. The molecule has 2 aromatic rings. The smallest absolute Gasteiger partial charge is 0.262 e. The molecule has 0 saturated heterocycles. The molecule has 0 aliphatic carbocycles. The summed E-state index contributed by atoms with van der Waals surface area (Å²) in [6.07, 6.45) is 0. The number of carbonyl (C=O) groups is 1. The molecular formula is C19H23ClN2O4S. The molecule has 0 bridgehead atoms. The van der Waals surface area contributed by atoms with Crippen molar-refractivity contribution < 1.29 is 17.9 Å². The Hall–Kier alpha value is -2.09. The van der Waals surface area contributed by atoms with Crippen LogP contribution in [-0.4, -0.2) is 28.0 Å². The number of anilines is 1. The number of hydrogen-bond acceptors (Lipinski definition) is 4. The van der Waals surface area contributed by atoms with Crippen LogP contribution < -0.4 is 14.8 Å². The fraction of sp³-hybridized carbons (Fsp3) is 0.316. The Morgan fingerprint density at radius 1 is 1.19 bits per heavy atom. The van der Waals surface area contributed by atoms with E-state index in [1.807, 2.05) is 32.9 Å². The summed E-state index contributed by atoms with van der Waals surface area (Å²) < 4.78 is 31.3. The van der Waals surface area contributed by atoms with Crippen molar-refractivity contribution in [2.24, 2.45) is 0 Å². The molecule has 1 amide bonds. The zero-order valence-electron chi connectivity index (χ0n) is 15.7. The first-order valence-corrected chi connectivity index (χ1v) is 10.3. The molecule has 0 fully saturated rings. The second-order valence-corrected chi connectivity index (χ2v) is 8.66. The van der Waals surface area contributed by atoms with Crippen LogP contribution in [0.2, 0.25) is 5.02 Å². The summed E-state index contributed by atoms with van der Waals surface area (Å²) in [5.74, 6) is 0.474. The number of halogens is 1. The third-order valence-electron chi connectivity index (χ3n) is 3.99. The van der Waals surface area contributed by atoms with Crippen molar-refractivity contribution in [2.45, 2.75) is 31.6 Å². The van der Waals surface area contributed by atoms with Crippen molar-refractivity contribution in [3.63, 3.8) is 0 Å². The standard InChI is InChI=1S/C19H23ClN2O4S/c1-12(2)16-10-17(20)13(3)9-18(16)26-11-19(23)22-14-5-7-15(8-6-14)27(24,25)21-4/h5-10,12,21H,11H2,1-4H3,(H,22,23). The molecule has 0 aliphatic rings. The van der Waals surface area contributed by atoms with Gasteiger partial charge in [0.05, 0.1) is 4.90 Å². The van der Waals surface area contributed by atoms with Crippen LogP contribution >= 0.6 is 11.6 Å². The number of aryl methyl sites for hydroxylation is 1. The number of nitrogens with one attached hydrogen (secondary N) is 2. The monoisotopic (exact) mass is 410 g/mol. The highest BCUT2D eigenvalue weighted by Gasteiger charge is 2.14. The molecule has 2 rings (SSSR count). The quantitative estimate of drug-likeness (QED) is 0.728. The van der Waals surface area contributed by atoms with Gasteiger partial charge in [-0.1, -0.05) is 25.4 Å². The van der Waals surface area contributed by atoms with Crippen molar-refractivity contribution in [2.75, 3.05) is 19.0 Å². The minimum Gasteiger partial charge on any atom is -0.483 e. The molecule has 0 aromatic heterocycles. The lowest BCUT2D eigenvalue weighted by Gasteiger charge is -2.16. The van der Waals surface area contributed by atoms with Gasteiger partial charge in [0.2, 0.25) is 10.0 Å². The molecule has 2 aromatic carbocycles. The molecule has 0 aliphatic heterocycles. The summed E-state index contributed by atoms with van der Waals surface area (Å²) in [4.78, 5) is 12.3. The molecule has 0 radical (unpaired) electrons. The molecule has 6 nitrogen and oxygen atoms in total. The predicted octanol–water partition coefficient (Wildman–Crippen LogP) is 3.70. The number of rotatable bonds is 7. The Labute approximate surface area is 164 Å². The Morgan fingerprint density at radius 3 is 2.37 bits per heavy atom. The van der Waals surface area contributed by atoms with E-state index in [0.717, 1.165) is 11.1 Å². The van der Waals surface area contributed by atoms with E-state index in [9.17, 15) is 13.2 Å². The van der Waals surface area contributed by atoms with Crippen LogP contribution in [0.5, 0.6) is 5.75 Å². The molecule has 0 heterocycles. The number of ether oxygens (including phenoxy) is 1. The molecular weight excluding hydrogens is 388 g/mol. The van der Waals surface area contributed by atoms with Gasteiger partial charge < -0.3 is 10.1 Å². The van der Waals surface area contributed by atoms with Gasteiger partial charge in [0, 0.05) is 10.7 Å². The second kappa shape index (κ2) is 8.73. The Bertz CT molecular complexity index is 925. The molecule has 2 N–H and O–H groups in total. The normalized spacial score (nSPS) is 11.5. The van der Waals surface area contributed by atoms with E-state index in [1.165, 1.54) is 31.3 Å². The maximum absolute atomic E-state index is 12.2. The van der Waals surface area contributed by atoms with Crippen molar-refractivity contribution >= 4 is 33.2 Å². The van der Waals surface area contributed by atoms with Gasteiger partial charge in [0.15, 0.2) is 6.61 Å². The summed E-state index contributed by atoms with van der Waals surface area (Å²) in [6.45, 7) is 5.75. The predicted molar refractivity (Wildman–Crippen MR) is 107 cm³/mol. The molecule has 0 atom stereocenters. The first kappa shape index (κ1) is 21.2. The maximum Gasteiger partial charge on any atom is 0.262 e. The number of benzene rings is 2. The van der Waals surface area contributed by atoms with Crippen LogP contribution in [0.4, 0.5) is 5.69 Å². The number of sulfonamides is 1. The summed E-state index contributed by atoms with van der Waals surface area (Å²) in [7, 11) is -2.17. The van der Waals surface area contributed by atoms with Crippen molar-refractivity contribution in [3.8, 4) is 5.75 Å². The van der Waals surface area contributed by atoms with Crippen molar-refractivity contribution in [1.82, 2.24) is 4.72 Å². The third kappa shape index (κ3) is 5.45. The van der Waals surface area contributed by atoms with Gasteiger partial charge in [-0.15, -0.1) is 0 Å². The van der Waals surface area contributed by atoms with Crippen LogP contribution in [0, 0.1) is 6.92 Å². The first-order valence-electron chi connectivity index (χ1n) is 8.40. The van der Waals surface area contributed by atoms with Gasteiger partial charge in [-0.2, -0.15) is 0 Å². The van der Waals surface area contributed by atoms with E-state index in [1.54, 1.807) is 0 Å². The lowest BCUT2D eigenvalue weighted by Crippen LogP contribution is -2.21. The average Bonchev–Trinajstić information content (AvgIpc) is 2.62. The lowest BCUT2D eigenvalue weighted by atomic mass is 10.0. The van der Waals surface area contributed by atoms with Crippen LogP contribution in [0.25, 0.3) is 0 Å². The van der Waals surface area contributed by atoms with Gasteiger partial charge in [0.1, 0.15) is 5.75 Å². The van der Waals surface area contributed by atoms with E-state index >= 15 is 0 Å². The zero-order chi connectivity index (χ0) is 20.2. The highest BCUT2D eigenvalue weighted by molar-refractivity contribution is 7.89. The van der Waals surface area contributed by atoms with E-state index in [0.29, 0.717) is 16.5 Å². The van der Waals surface area contributed by atoms with E-state index in [2.05, 4.69) is 10.0 Å². The summed E-state index contributed by atoms with van der Waals surface area (Å²) in [5, 5.41) is 3.34. The summed E-state index contributed by atoms with van der Waals surface area (Å²) in [6, 6.07) is 9.56. The van der Waals surface area contributed by atoms with E-state index < -0.39 is 10.0 Å². The fourth-order valence-electron chi connectivity index (χ4n) is 2.42. The minimum atomic E-state index is -3.51. The number of hydrogen-bond donors (Lipinski definition) is 2. The topological polar surface area (TPSA) is 84.5 Å². The maximum atomic E-state index is 12.2. The highest BCUT2D eigenvalue weighted by atomic mass is 35.5. The highest BCUT2D eigenvalue weighted by Crippen LogP contribution is 2.32. The number of carbonyl (C=O) groups excluding carboxylic acids is 1. The molecule has 0 unspecified atom stereocenters. The van der Waals surface area contributed by atoms with Gasteiger partial charge >= 0.3 is 0 Å². The third-order valence-corrected chi connectivity index (χ3v) is 5.83. The van der Waals surface area contributed by atoms with Crippen molar-refractivity contribution in [1.29, 1.82) is 0 Å². The van der Waals surface area contributed by atoms with Crippen LogP contribution in [0.15, 0.2) is 41.3 Å². The van der Waals surface area contributed by atoms with E-state index in [-0.39, 0.29) is 23.3 Å². The molecule has 0 spiro atoms. The second-order valence-electron chi connectivity index (χ2n) is 6.36. The lowest BCUT2D eigenvalue weighted by molar-refractivity contribution is -0.118. The Morgan fingerprint density at radius 2 is 1.81 bits per heavy atom. The number of amides is 1.